The van der Waals surface area contributed by atoms with Gasteiger partial charge < -0.3 is 10.8 Å². The summed E-state index contributed by atoms with van der Waals surface area (Å²) in [6.07, 6.45) is -1.13. The summed E-state index contributed by atoms with van der Waals surface area (Å²) in [7, 11) is 0. The molecule has 2 nitrogen and oxygen atoms in total. The molecule has 1 rings (SSSR count). The van der Waals surface area contributed by atoms with Crippen LogP contribution in [0.1, 0.15) is 18.6 Å². The molecule has 1 aromatic rings. The van der Waals surface area contributed by atoms with E-state index < -0.39 is 23.8 Å². The van der Waals surface area contributed by atoms with E-state index in [1.54, 1.807) is 6.92 Å². The van der Waals surface area contributed by atoms with E-state index in [-0.39, 0.29) is 10.0 Å². The van der Waals surface area contributed by atoms with E-state index >= 15 is 0 Å². The van der Waals surface area contributed by atoms with Gasteiger partial charge in [0.25, 0.3) is 0 Å². The number of hydrogen-bond acceptors (Lipinski definition) is 2. The first kappa shape index (κ1) is 11.6. The molecule has 0 aliphatic heterocycles. The van der Waals surface area contributed by atoms with Crippen LogP contribution in [0.2, 0.25) is 0 Å². The van der Waals surface area contributed by atoms with Crippen LogP contribution in [0.5, 0.6) is 0 Å². The first-order valence-corrected chi connectivity index (χ1v) is 4.81. The molecule has 3 N–H and O–H groups in total. The first-order valence-electron chi connectivity index (χ1n) is 4.01. The molecule has 2 atom stereocenters. The highest BCUT2D eigenvalue weighted by Gasteiger charge is 2.18. The third kappa shape index (κ3) is 2.29. The molecule has 1 aromatic carbocycles. The SMILES string of the molecule is C[C@H](N)[C@H](O)c1cc(Br)c(F)cc1F. The standard InChI is InChI=1S/C9H10BrF2NO/c1-4(13)9(14)5-2-6(10)8(12)3-7(5)11/h2-4,9,14H,13H2,1H3/t4-,9-/m0/s1. The fraction of sp³-hybridized carbons (Fsp3) is 0.333. The van der Waals surface area contributed by atoms with Crippen molar-refractivity contribution in [2.75, 3.05) is 0 Å². The lowest BCUT2D eigenvalue weighted by Gasteiger charge is -2.15. The molecule has 0 aromatic heterocycles. The highest BCUT2D eigenvalue weighted by Crippen LogP contribution is 2.25. The molecule has 0 heterocycles. The van der Waals surface area contributed by atoms with Crippen molar-refractivity contribution in [3.05, 3.63) is 33.8 Å². The van der Waals surface area contributed by atoms with E-state index in [9.17, 15) is 13.9 Å². The Morgan fingerprint density at radius 2 is 1.93 bits per heavy atom. The Hall–Kier alpha value is -0.520. The molecule has 0 saturated heterocycles. The van der Waals surface area contributed by atoms with Crippen molar-refractivity contribution in [2.24, 2.45) is 5.73 Å². The largest absolute Gasteiger partial charge is 0.387 e. The second kappa shape index (κ2) is 4.33. The minimum atomic E-state index is -1.13. The lowest BCUT2D eigenvalue weighted by molar-refractivity contribution is 0.148. The van der Waals surface area contributed by atoms with Crippen LogP contribution in [0.25, 0.3) is 0 Å². The van der Waals surface area contributed by atoms with E-state index in [0.717, 1.165) is 0 Å². The van der Waals surface area contributed by atoms with Gasteiger partial charge in [-0.2, -0.15) is 0 Å². The van der Waals surface area contributed by atoms with E-state index in [0.29, 0.717) is 6.07 Å². The maximum atomic E-state index is 13.2. The van der Waals surface area contributed by atoms with Crippen LogP contribution in [0, 0.1) is 11.6 Å². The molecule has 0 aliphatic rings. The minimum absolute atomic E-state index is 0.00623. The van der Waals surface area contributed by atoms with Gasteiger partial charge >= 0.3 is 0 Å². The predicted octanol–water partition coefficient (Wildman–Crippen LogP) is 2.11. The summed E-state index contributed by atoms with van der Waals surface area (Å²) in [4.78, 5) is 0. The van der Waals surface area contributed by atoms with Crippen LogP contribution in [0.15, 0.2) is 16.6 Å². The smallest absolute Gasteiger partial charge is 0.140 e. The van der Waals surface area contributed by atoms with E-state index in [2.05, 4.69) is 15.9 Å². The number of halogens is 3. The zero-order valence-corrected chi connectivity index (χ0v) is 9.05. The lowest BCUT2D eigenvalue weighted by atomic mass is 10.0. The predicted molar refractivity (Wildman–Crippen MR) is 52.7 cm³/mol. The Morgan fingerprint density at radius 3 is 2.43 bits per heavy atom. The van der Waals surface area contributed by atoms with Crippen LogP contribution in [-0.2, 0) is 0 Å². The normalized spacial score (nSPS) is 15.3. The van der Waals surface area contributed by atoms with Gasteiger partial charge in [0.15, 0.2) is 0 Å². The molecule has 5 heteroatoms. The van der Waals surface area contributed by atoms with Crippen LogP contribution < -0.4 is 5.73 Å². The molecule has 0 bridgehead atoms. The average molecular weight is 266 g/mol. The van der Waals surface area contributed by atoms with Gasteiger partial charge in [-0.15, -0.1) is 0 Å². The highest BCUT2D eigenvalue weighted by molar-refractivity contribution is 9.10. The third-order valence-electron chi connectivity index (χ3n) is 1.86. The maximum absolute atomic E-state index is 13.2. The van der Waals surface area contributed by atoms with Crippen LogP contribution in [0.4, 0.5) is 8.78 Å². The molecule has 0 unspecified atom stereocenters. The molecule has 14 heavy (non-hydrogen) atoms. The summed E-state index contributed by atoms with van der Waals surface area (Å²) in [5.41, 5.74) is 5.39. The number of aliphatic hydroxyl groups is 1. The summed E-state index contributed by atoms with van der Waals surface area (Å²) in [5, 5.41) is 9.49. The Labute approximate surface area is 88.9 Å². The summed E-state index contributed by atoms with van der Waals surface area (Å²) in [6, 6.07) is 1.30. The van der Waals surface area contributed by atoms with Gasteiger partial charge in [0.2, 0.25) is 0 Å². The Bertz CT molecular complexity index is 344. The Morgan fingerprint density at radius 1 is 1.36 bits per heavy atom. The van der Waals surface area contributed by atoms with Crippen molar-refractivity contribution in [3.8, 4) is 0 Å². The topological polar surface area (TPSA) is 46.2 Å². The molecular formula is C9H10BrF2NO. The van der Waals surface area contributed by atoms with Crippen molar-refractivity contribution < 1.29 is 13.9 Å². The lowest BCUT2D eigenvalue weighted by Crippen LogP contribution is -2.25. The summed E-state index contributed by atoms with van der Waals surface area (Å²) >= 11 is 2.90. The second-order valence-corrected chi connectivity index (χ2v) is 3.95. The number of rotatable bonds is 2. The van der Waals surface area contributed by atoms with E-state index in [1.807, 2.05) is 0 Å². The third-order valence-corrected chi connectivity index (χ3v) is 2.46. The van der Waals surface area contributed by atoms with Crippen molar-refractivity contribution >= 4 is 15.9 Å². The van der Waals surface area contributed by atoms with Gasteiger partial charge in [-0.05, 0) is 28.9 Å². The van der Waals surface area contributed by atoms with Crippen LogP contribution >= 0.6 is 15.9 Å². The maximum Gasteiger partial charge on any atom is 0.140 e. The van der Waals surface area contributed by atoms with Gasteiger partial charge in [0.1, 0.15) is 11.6 Å². The highest BCUT2D eigenvalue weighted by atomic mass is 79.9. The van der Waals surface area contributed by atoms with Crippen LogP contribution in [-0.4, -0.2) is 11.1 Å². The monoisotopic (exact) mass is 265 g/mol. The Kier molecular flexibility index (Phi) is 3.58. The zero-order valence-electron chi connectivity index (χ0n) is 7.47. The summed E-state index contributed by atoms with van der Waals surface area (Å²) in [5.74, 6) is -1.50. The fourth-order valence-electron chi connectivity index (χ4n) is 1.05. The Balaban J connectivity index is 3.15. The van der Waals surface area contributed by atoms with Gasteiger partial charge in [-0.25, -0.2) is 8.78 Å². The summed E-state index contributed by atoms with van der Waals surface area (Å²) in [6.45, 7) is 1.54. The van der Waals surface area contributed by atoms with Crippen LogP contribution in [0.3, 0.4) is 0 Å². The average Bonchev–Trinajstić information content (AvgIpc) is 2.10. The fourth-order valence-corrected chi connectivity index (χ4v) is 1.41. The van der Waals surface area contributed by atoms with E-state index in [1.165, 1.54) is 6.07 Å². The molecule has 0 spiro atoms. The van der Waals surface area contributed by atoms with E-state index in [4.69, 9.17) is 5.73 Å². The molecule has 0 fully saturated rings. The van der Waals surface area contributed by atoms with Crippen molar-refractivity contribution in [1.29, 1.82) is 0 Å². The molecule has 0 radical (unpaired) electrons. The quantitative estimate of drug-likeness (QED) is 0.805. The van der Waals surface area contributed by atoms with Crippen molar-refractivity contribution in [1.82, 2.24) is 0 Å². The molecule has 0 amide bonds. The molecule has 78 valence electrons. The molecular weight excluding hydrogens is 256 g/mol. The first-order chi connectivity index (χ1) is 6.43. The van der Waals surface area contributed by atoms with Gasteiger partial charge in [-0.1, -0.05) is 0 Å². The number of nitrogens with two attached hydrogens (primary N) is 1. The van der Waals surface area contributed by atoms with Crippen molar-refractivity contribution in [3.63, 3.8) is 0 Å². The number of hydrogen-bond donors (Lipinski definition) is 2. The van der Waals surface area contributed by atoms with Gasteiger partial charge in [0, 0.05) is 17.7 Å². The summed E-state index contributed by atoms with van der Waals surface area (Å²) < 4.78 is 26.1. The molecule has 0 aliphatic carbocycles. The number of aliphatic hydroxyl groups excluding tert-OH is 1. The molecule has 0 saturated carbocycles. The second-order valence-electron chi connectivity index (χ2n) is 3.09. The van der Waals surface area contributed by atoms with Crippen molar-refractivity contribution in [2.45, 2.75) is 19.1 Å². The van der Waals surface area contributed by atoms with Gasteiger partial charge in [-0.3, -0.25) is 0 Å². The van der Waals surface area contributed by atoms with Gasteiger partial charge in [0.05, 0.1) is 10.6 Å². The minimum Gasteiger partial charge on any atom is -0.387 e. The zero-order chi connectivity index (χ0) is 10.9. The number of benzene rings is 1.